The van der Waals surface area contributed by atoms with Crippen molar-refractivity contribution in [3.8, 4) is 11.5 Å². The summed E-state index contributed by atoms with van der Waals surface area (Å²) in [6, 6.07) is 18.3. The second kappa shape index (κ2) is 8.49. The molecule has 1 saturated heterocycles. The largest absolute Gasteiger partial charge is 0.455 e. The van der Waals surface area contributed by atoms with Gasteiger partial charge in [0.05, 0.1) is 10.6 Å². The van der Waals surface area contributed by atoms with Crippen LogP contribution in [0.25, 0.3) is 0 Å². The molecule has 2 heterocycles. The van der Waals surface area contributed by atoms with Crippen LogP contribution in [0.3, 0.4) is 0 Å². The van der Waals surface area contributed by atoms with E-state index in [9.17, 15) is 9.59 Å². The van der Waals surface area contributed by atoms with Gasteiger partial charge in [-0.15, -0.1) is 11.3 Å². The number of nitrogens with zero attached hydrogens (tertiary/aromatic N) is 1. The quantitative estimate of drug-likeness (QED) is 0.642. The Bertz CT molecular complexity index is 1020. The van der Waals surface area contributed by atoms with Crippen LogP contribution < -0.4 is 10.1 Å². The number of hydrogen-bond donors (Lipinski definition) is 1. The van der Waals surface area contributed by atoms with E-state index in [2.05, 4.69) is 5.32 Å². The highest BCUT2D eigenvalue weighted by Gasteiger charge is 2.35. The lowest BCUT2D eigenvalue weighted by Crippen LogP contribution is -2.43. The zero-order valence-electron chi connectivity index (χ0n) is 16.1. The van der Waals surface area contributed by atoms with E-state index < -0.39 is 6.04 Å². The number of nitrogens with one attached hydrogen (secondary N) is 1. The highest BCUT2D eigenvalue weighted by molar-refractivity contribution is 7.12. The molecule has 5 nitrogen and oxygen atoms in total. The van der Waals surface area contributed by atoms with Gasteiger partial charge in [-0.2, -0.15) is 0 Å². The molecule has 0 saturated carbocycles. The second-order valence-corrected chi connectivity index (χ2v) is 7.99. The van der Waals surface area contributed by atoms with Crippen LogP contribution in [-0.4, -0.2) is 29.3 Å². The van der Waals surface area contributed by atoms with Crippen molar-refractivity contribution in [2.75, 3.05) is 11.9 Å². The average molecular weight is 407 g/mol. The molecule has 2 aromatic carbocycles. The van der Waals surface area contributed by atoms with Gasteiger partial charge in [0.15, 0.2) is 5.75 Å². The predicted molar refractivity (Wildman–Crippen MR) is 115 cm³/mol. The van der Waals surface area contributed by atoms with Crippen molar-refractivity contribution in [2.24, 2.45) is 0 Å². The van der Waals surface area contributed by atoms with E-state index in [1.54, 1.807) is 11.0 Å². The molecule has 3 aromatic rings. The maximum Gasteiger partial charge on any atom is 0.264 e. The van der Waals surface area contributed by atoms with Crippen molar-refractivity contribution in [1.82, 2.24) is 4.90 Å². The summed E-state index contributed by atoms with van der Waals surface area (Å²) in [6.45, 7) is 2.59. The lowest BCUT2D eigenvalue weighted by molar-refractivity contribution is -0.119. The molecule has 0 aliphatic carbocycles. The van der Waals surface area contributed by atoms with Crippen molar-refractivity contribution < 1.29 is 14.3 Å². The predicted octanol–water partition coefficient (Wildman–Crippen LogP) is 5.09. The molecule has 1 atom stereocenters. The molecular formula is C23H22N2O3S. The summed E-state index contributed by atoms with van der Waals surface area (Å²) in [7, 11) is 0. The summed E-state index contributed by atoms with van der Waals surface area (Å²) in [5.74, 6) is 1.01. The second-order valence-electron chi connectivity index (χ2n) is 7.04. The molecule has 1 fully saturated rings. The van der Waals surface area contributed by atoms with Crippen molar-refractivity contribution in [1.29, 1.82) is 0 Å². The maximum atomic E-state index is 13.0. The minimum Gasteiger partial charge on any atom is -0.455 e. The molecule has 1 aliphatic rings. The number of thiophene rings is 1. The van der Waals surface area contributed by atoms with Gasteiger partial charge in [-0.1, -0.05) is 30.3 Å². The Morgan fingerprint density at radius 1 is 1.10 bits per heavy atom. The number of hydrogen-bond acceptors (Lipinski definition) is 4. The summed E-state index contributed by atoms with van der Waals surface area (Å²) in [6.07, 6.45) is 1.47. The van der Waals surface area contributed by atoms with E-state index in [1.807, 2.05) is 66.9 Å². The fourth-order valence-corrected chi connectivity index (χ4v) is 4.18. The number of carbonyl (C=O) groups excluding carboxylic acids is 2. The van der Waals surface area contributed by atoms with Crippen molar-refractivity contribution in [3.05, 3.63) is 76.5 Å². The molecule has 29 heavy (non-hydrogen) atoms. The number of aryl methyl sites for hydroxylation is 1. The minimum atomic E-state index is -0.475. The van der Waals surface area contributed by atoms with E-state index >= 15 is 0 Å². The van der Waals surface area contributed by atoms with Crippen LogP contribution in [0.15, 0.2) is 66.0 Å². The van der Waals surface area contributed by atoms with Gasteiger partial charge in [0.1, 0.15) is 11.8 Å². The van der Waals surface area contributed by atoms with E-state index in [1.165, 1.54) is 11.3 Å². The SMILES string of the molecule is Cc1cccc(Oc2ccccc2NC(=O)[C@@H]2CCCN2C(=O)c2cccs2)c1. The number of carbonyl (C=O) groups is 2. The molecule has 1 aromatic heterocycles. The number of amides is 2. The fraction of sp³-hybridized carbons (Fsp3) is 0.217. The molecule has 0 radical (unpaired) electrons. The third-order valence-electron chi connectivity index (χ3n) is 4.91. The number of likely N-dealkylation sites (tertiary alicyclic amines) is 1. The first-order chi connectivity index (χ1) is 14.1. The first-order valence-electron chi connectivity index (χ1n) is 9.61. The first kappa shape index (κ1) is 19.2. The number of anilines is 1. The molecule has 1 N–H and O–H groups in total. The summed E-state index contributed by atoms with van der Waals surface area (Å²) in [5.41, 5.74) is 1.69. The summed E-state index contributed by atoms with van der Waals surface area (Å²) < 4.78 is 5.99. The molecule has 4 rings (SSSR count). The molecule has 2 amide bonds. The Balaban J connectivity index is 1.50. The van der Waals surface area contributed by atoms with Crippen molar-refractivity contribution in [2.45, 2.75) is 25.8 Å². The normalized spacial score (nSPS) is 15.9. The monoisotopic (exact) mass is 406 g/mol. The molecule has 0 unspecified atom stereocenters. The number of rotatable bonds is 5. The zero-order chi connectivity index (χ0) is 20.2. The Morgan fingerprint density at radius 2 is 1.97 bits per heavy atom. The Kier molecular flexibility index (Phi) is 5.62. The van der Waals surface area contributed by atoms with Gasteiger partial charge in [0.25, 0.3) is 5.91 Å². The van der Waals surface area contributed by atoms with Gasteiger partial charge in [-0.3, -0.25) is 9.59 Å². The Labute approximate surface area is 173 Å². The van der Waals surface area contributed by atoms with E-state index in [0.29, 0.717) is 35.0 Å². The van der Waals surface area contributed by atoms with Crippen LogP contribution in [0.4, 0.5) is 5.69 Å². The van der Waals surface area contributed by atoms with Crippen LogP contribution >= 0.6 is 11.3 Å². The smallest absolute Gasteiger partial charge is 0.264 e. The lowest BCUT2D eigenvalue weighted by atomic mass is 10.2. The average Bonchev–Trinajstić information content (AvgIpc) is 3.41. The van der Waals surface area contributed by atoms with Crippen LogP contribution in [0.1, 0.15) is 28.1 Å². The van der Waals surface area contributed by atoms with Crippen LogP contribution in [0, 0.1) is 6.92 Å². The topological polar surface area (TPSA) is 58.6 Å². The highest BCUT2D eigenvalue weighted by Crippen LogP contribution is 2.31. The Morgan fingerprint density at radius 3 is 2.76 bits per heavy atom. The van der Waals surface area contributed by atoms with Crippen LogP contribution in [0.5, 0.6) is 11.5 Å². The molecule has 148 valence electrons. The van der Waals surface area contributed by atoms with Crippen LogP contribution in [-0.2, 0) is 4.79 Å². The van der Waals surface area contributed by atoms with E-state index in [0.717, 1.165) is 12.0 Å². The third-order valence-corrected chi connectivity index (χ3v) is 5.77. The van der Waals surface area contributed by atoms with E-state index in [-0.39, 0.29) is 11.8 Å². The standard InChI is InChI=1S/C23H22N2O3S/c1-16-7-4-8-17(15-16)28-20-11-3-2-9-18(20)24-22(26)19-10-5-13-25(19)23(27)21-12-6-14-29-21/h2-4,6-9,11-12,14-15,19H,5,10,13H2,1H3,(H,24,26)/t19-/m0/s1. The third kappa shape index (κ3) is 4.32. The van der Waals surface area contributed by atoms with Gasteiger partial charge in [-0.05, 0) is 61.0 Å². The van der Waals surface area contributed by atoms with E-state index in [4.69, 9.17) is 4.74 Å². The maximum absolute atomic E-state index is 13.0. The summed E-state index contributed by atoms with van der Waals surface area (Å²) >= 11 is 1.40. The first-order valence-corrected chi connectivity index (χ1v) is 10.5. The number of ether oxygens (including phenoxy) is 1. The zero-order valence-corrected chi connectivity index (χ0v) is 16.9. The minimum absolute atomic E-state index is 0.0815. The fourth-order valence-electron chi connectivity index (χ4n) is 3.50. The van der Waals surface area contributed by atoms with Crippen LogP contribution in [0.2, 0.25) is 0 Å². The van der Waals surface area contributed by atoms with Crippen molar-refractivity contribution >= 4 is 28.8 Å². The molecule has 0 bridgehead atoms. The number of para-hydroxylation sites is 2. The summed E-state index contributed by atoms with van der Waals surface area (Å²) in [4.78, 5) is 28.1. The molecule has 0 spiro atoms. The van der Waals surface area contributed by atoms with Crippen molar-refractivity contribution in [3.63, 3.8) is 0 Å². The van der Waals surface area contributed by atoms with Gasteiger partial charge in [0, 0.05) is 6.54 Å². The number of benzene rings is 2. The van der Waals surface area contributed by atoms with Gasteiger partial charge >= 0.3 is 0 Å². The van der Waals surface area contributed by atoms with Gasteiger partial charge in [-0.25, -0.2) is 0 Å². The summed E-state index contributed by atoms with van der Waals surface area (Å²) in [5, 5.41) is 4.84. The molecular weight excluding hydrogens is 384 g/mol. The Hall–Kier alpha value is -3.12. The van der Waals surface area contributed by atoms with Gasteiger partial charge in [0.2, 0.25) is 5.91 Å². The molecule has 1 aliphatic heterocycles. The van der Waals surface area contributed by atoms with Gasteiger partial charge < -0.3 is 15.0 Å². The lowest BCUT2D eigenvalue weighted by Gasteiger charge is -2.24. The highest BCUT2D eigenvalue weighted by atomic mass is 32.1. The molecule has 6 heteroatoms.